The summed E-state index contributed by atoms with van der Waals surface area (Å²) in [6, 6.07) is 9.77. The molecule has 2 N–H and O–H groups in total. The van der Waals surface area contributed by atoms with Crippen LogP contribution in [0.1, 0.15) is 43.7 Å². The highest BCUT2D eigenvalue weighted by Crippen LogP contribution is 2.33. The van der Waals surface area contributed by atoms with Gasteiger partial charge in [0.15, 0.2) is 0 Å². The van der Waals surface area contributed by atoms with Gasteiger partial charge in [-0.05, 0) is 24.3 Å². The highest BCUT2D eigenvalue weighted by molar-refractivity contribution is 5.76. The van der Waals surface area contributed by atoms with Crippen molar-refractivity contribution in [3.05, 3.63) is 35.9 Å². The normalized spacial score (nSPS) is 16.3. The van der Waals surface area contributed by atoms with Crippen LogP contribution in [0, 0.1) is 5.92 Å². The summed E-state index contributed by atoms with van der Waals surface area (Å²) < 4.78 is 0. The number of rotatable bonds is 7. The van der Waals surface area contributed by atoms with Crippen LogP contribution < -0.4 is 5.32 Å². The van der Waals surface area contributed by atoms with Crippen LogP contribution in [0.25, 0.3) is 0 Å². The summed E-state index contributed by atoms with van der Waals surface area (Å²) in [5.41, 5.74) is 1.06. The van der Waals surface area contributed by atoms with Gasteiger partial charge in [-0.2, -0.15) is 0 Å². The number of carbonyl (C=O) groups is 1. The molecule has 1 fully saturated rings. The molecule has 1 saturated carbocycles. The molecular weight excluding hydrogens is 226 g/mol. The van der Waals surface area contributed by atoms with Crippen molar-refractivity contribution in [2.45, 2.75) is 38.1 Å². The first-order valence-electron chi connectivity index (χ1n) is 6.74. The van der Waals surface area contributed by atoms with Crippen molar-refractivity contribution in [2.75, 3.05) is 6.61 Å². The topological polar surface area (TPSA) is 49.3 Å². The van der Waals surface area contributed by atoms with Gasteiger partial charge in [-0.15, -0.1) is 0 Å². The number of aliphatic hydroxyl groups is 1. The Morgan fingerprint density at radius 1 is 1.33 bits per heavy atom. The lowest BCUT2D eigenvalue weighted by Crippen LogP contribution is -2.29. The highest BCUT2D eigenvalue weighted by atomic mass is 16.3. The van der Waals surface area contributed by atoms with E-state index in [9.17, 15) is 4.79 Å². The van der Waals surface area contributed by atoms with Crippen LogP contribution in [0.5, 0.6) is 0 Å². The largest absolute Gasteiger partial charge is 0.396 e. The molecule has 0 heterocycles. The van der Waals surface area contributed by atoms with Crippen molar-refractivity contribution in [2.24, 2.45) is 5.92 Å². The molecule has 1 aromatic rings. The number of benzene rings is 1. The van der Waals surface area contributed by atoms with Gasteiger partial charge < -0.3 is 10.4 Å². The first kappa shape index (κ1) is 13.1. The second-order valence-electron chi connectivity index (χ2n) is 5.03. The minimum Gasteiger partial charge on any atom is -0.396 e. The van der Waals surface area contributed by atoms with Crippen LogP contribution >= 0.6 is 0 Å². The monoisotopic (exact) mass is 247 g/mol. The summed E-state index contributed by atoms with van der Waals surface area (Å²) in [7, 11) is 0. The second-order valence-corrected chi connectivity index (χ2v) is 5.03. The lowest BCUT2D eigenvalue weighted by atomic mass is 10.0. The number of aliphatic hydroxyl groups excluding tert-OH is 1. The van der Waals surface area contributed by atoms with Gasteiger partial charge in [0.2, 0.25) is 5.91 Å². The molecule has 1 aromatic carbocycles. The van der Waals surface area contributed by atoms with E-state index in [1.165, 1.54) is 12.8 Å². The maximum atomic E-state index is 11.8. The molecule has 1 aliphatic rings. The number of hydrogen-bond donors (Lipinski definition) is 2. The molecular formula is C15H21NO2. The van der Waals surface area contributed by atoms with Crippen LogP contribution in [-0.4, -0.2) is 17.6 Å². The molecule has 1 aliphatic carbocycles. The van der Waals surface area contributed by atoms with Crippen molar-refractivity contribution >= 4 is 5.91 Å². The van der Waals surface area contributed by atoms with Gasteiger partial charge in [0.1, 0.15) is 0 Å². The lowest BCUT2D eigenvalue weighted by molar-refractivity contribution is -0.122. The average Bonchev–Trinajstić information content (AvgIpc) is 3.21. The summed E-state index contributed by atoms with van der Waals surface area (Å²) >= 11 is 0. The second kappa shape index (κ2) is 6.55. The molecule has 0 aliphatic heterocycles. The Morgan fingerprint density at radius 3 is 2.67 bits per heavy atom. The SMILES string of the molecule is O=C(CCC1CC1)NC(CCO)c1ccccc1. The molecule has 1 unspecified atom stereocenters. The molecule has 18 heavy (non-hydrogen) atoms. The molecule has 2 rings (SSSR count). The molecule has 0 spiro atoms. The van der Waals surface area contributed by atoms with Crippen molar-refractivity contribution < 1.29 is 9.90 Å². The Kier molecular flexibility index (Phi) is 4.76. The zero-order chi connectivity index (χ0) is 12.8. The third-order valence-electron chi connectivity index (χ3n) is 3.43. The molecule has 0 aromatic heterocycles. The van der Waals surface area contributed by atoms with Gasteiger partial charge in [-0.25, -0.2) is 0 Å². The van der Waals surface area contributed by atoms with Gasteiger partial charge in [0.05, 0.1) is 6.04 Å². The standard InChI is InChI=1S/C15H21NO2/c17-11-10-14(13-4-2-1-3-5-13)16-15(18)9-8-12-6-7-12/h1-5,12,14,17H,6-11H2,(H,16,18). The Morgan fingerprint density at radius 2 is 2.06 bits per heavy atom. The number of amides is 1. The van der Waals surface area contributed by atoms with E-state index in [0.717, 1.165) is 17.9 Å². The Labute approximate surface area is 108 Å². The predicted octanol–water partition coefficient (Wildman–Crippen LogP) is 2.42. The predicted molar refractivity (Wildman–Crippen MR) is 71.0 cm³/mol. The molecule has 98 valence electrons. The number of hydrogen-bond acceptors (Lipinski definition) is 2. The van der Waals surface area contributed by atoms with Crippen molar-refractivity contribution in [3.63, 3.8) is 0 Å². The van der Waals surface area contributed by atoms with Gasteiger partial charge in [0.25, 0.3) is 0 Å². The van der Waals surface area contributed by atoms with Crippen LogP contribution in [0.2, 0.25) is 0 Å². The summed E-state index contributed by atoms with van der Waals surface area (Å²) in [4.78, 5) is 11.8. The Balaban J connectivity index is 1.86. The lowest BCUT2D eigenvalue weighted by Gasteiger charge is -2.18. The molecule has 0 saturated heterocycles. The minimum atomic E-state index is -0.0668. The number of carbonyl (C=O) groups excluding carboxylic acids is 1. The fourth-order valence-electron chi connectivity index (χ4n) is 2.14. The zero-order valence-electron chi connectivity index (χ0n) is 10.6. The zero-order valence-corrected chi connectivity index (χ0v) is 10.6. The van der Waals surface area contributed by atoms with Crippen LogP contribution in [0.4, 0.5) is 0 Å². The van der Waals surface area contributed by atoms with Crippen LogP contribution in [0.15, 0.2) is 30.3 Å². The maximum absolute atomic E-state index is 11.8. The summed E-state index contributed by atoms with van der Waals surface area (Å²) in [6.07, 6.45) is 4.75. The summed E-state index contributed by atoms with van der Waals surface area (Å²) in [5, 5.41) is 12.1. The molecule has 1 amide bonds. The number of nitrogens with one attached hydrogen (secondary N) is 1. The van der Waals surface area contributed by atoms with E-state index in [1.54, 1.807) is 0 Å². The molecule has 3 nitrogen and oxygen atoms in total. The van der Waals surface area contributed by atoms with Crippen molar-refractivity contribution in [1.29, 1.82) is 0 Å². The Bertz CT molecular complexity index is 373. The fraction of sp³-hybridized carbons (Fsp3) is 0.533. The van der Waals surface area contributed by atoms with E-state index >= 15 is 0 Å². The van der Waals surface area contributed by atoms with Gasteiger partial charge in [-0.3, -0.25) is 4.79 Å². The van der Waals surface area contributed by atoms with Crippen LogP contribution in [0.3, 0.4) is 0 Å². The first-order chi connectivity index (χ1) is 8.79. The van der Waals surface area contributed by atoms with E-state index in [1.807, 2.05) is 30.3 Å². The van der Waals surface area contributed by atoms with E-state index < -0.39 is 0 Å². The molecule has 0 radical (unpaired) electrons. The van der Waals surface area contributed by atoms with E-state index in [2.05, 4.69) is 5.32 Å². The molecule has 3 heteroatoms. The highest BCUT2D eigenvalue weighted by Gasteiger charge is 2.22. The average molecular weight is 247 g/mol. The smallest absolute Gasteiger partial charge is 0.220 e. The van der Waals surface area contributed by atoms with Gasteiger partial charge >= 0.3 is 0 Å². The molecule has 1 atom stereocenters. The van der Waals surface area contributed by atoms with Crippen molar-refractivity contribution in [3.8, 4) is 0 Å². The summed E-state index contributed by atoms with van der Waals surface area (Å²) in [6.45, 7) is 0.0858. The van der Waals surface area contributed by atoms with E-state index in [-0.39, 0.29) is 18.6 Å². The maximum Gasteiger partial charge on any atom is 0.220 e. The first-order valence-corrected chi connectivity index (χ1v) is 6.74. The van der Waals surface area contributed by atoms with Crippen molar-refractivity contribution in [1.82, 2.24) is 5.32 Å². The van der Waals surface area contributed by atoms with E-state index in [4.69, 9.17) is 5.11 Å². The van der Waals surface area contributed by atoms with Gasteiger partial charge in [0, 0.05) is 13.0 Å². The van der Waals surface area contributed by atoms with Gasteiger partial charge in [-0.1, -0.05) is 43.2 Å². The molecule has 0 bridgehead atoms. The summed E-state index contributed by atoms with van der Waals surface area (Å²) in [5.74, 6) is 0.882. The van der Waals surface area contributed by atoms with E-state index in [0.29, 0.717) is 12.8 Å². The van der Waals surface area contributed by atoms with Crippen LogP contribution in [-0.2, 0) is 4.79 Å². The Hall–Kier alpha value is -1.35. The minimum absolute atomic E-state index is 0.0668. The quantitative estimate of drug-likeness (QED) is 0.777. The fourth-order valence-corrected chi connectivity index (χ4v) is 2.14. The third kappa shape index (κ3) is 4.15. The third-order valence-corrected chi connectivity index (χ3v) is 3.43.